The first-order valence-electron chi connectivity index (χ1n) is 10.7. The fraction of sp³-hybridized carbons (Fsp3) is 0.318. The van der Waals surface area contributed by atoms with Gasteiger partial charge < -0.3 is 9.47 Å². The predicted molar refractivity (Wildman–Crippen MR) is 117 cm³/mol. The molecule has 0 radical (unpaired) electrons. The van der Waals surface area contributed by atoms with Gasteiger partial charge in [-0.05, 0) is 25.0 Å². The molecule has 9 nitrogen and oxygen atoms in total. The summed E-state index contributed by atoms with van der Waals surface area (Å²) in [7, 11) is 3.58. The number of nitrogens with zero attached hydrogens (tertiary/aromatic N) is 8. The Labute approximate surface area is 196 Å². The number of carbonyl (C=O) groups is 1. The van der Waals surface area contributed by atoms with Crippen LogP contribution in [0.3, 0.4) is 0 Å². The number of imidazole rings is 1. The molecular formula is C22H20F4N8O. The van der Waals surface area contributed by atoms with Gasteiger partial charge in [-0.25, -0.2) is 14.1 Å². The number of anilines is 1. The van der Waals surface area contributed by atoms with Crippen molar-refractivity contribution in [3.05, 3.63) is 54.4 Å². The first-order chi connectivity index (χ1) is 16.6. The minimum absolute atomic E-state index is 0.0609. The molecule has 0 aliphatic carbocycles. The average molecular weight is 488 g/mol. The number of benzene rings is 1. The van der Waals surface area contributed by atoms with Crippen molar-refractivity contribution in [1.29, 1.82) is 0 Å². The molecule has 1 aromatic carbocycles. The maximum Gasteiger partial charge on any atom is 0.406 e. The van der Waals surface area contributed by atoms with Crippen molar-refractivity contribution in [2.45, 2.75) is 25.1 Å². The van der Waals surface area contributed by atoms with Crippen molar-refractivity contribution in [2.75, 3.05) is 11.4 Å². The summed E-state index contributed by atoms with van der Waals surface area (Å²) in [6.45, 7) is -1.53. The largest absolute Gasteiger partial charge is 0.406 e. The first-order valence-corrected chi connectivity index (χ1v) is 10.7. The van der Waals surface area contributed by atoms with Crippen molar-refractivity contribution >= 4 is 11.6 Å². The molecular weight excluding hydrogens is 468 g/mol. The molecule has 182 valence electrons. The van der Waals surface area contributed by atoms with E-state index in [1.165, 1.54) is 29.1 Å². The van der Waals surface area contributed by atoms with E-state index >= 15 is 0 Å². The van der Waals surface area contributed by atoms with Crippen LogP contribution in [0.25, 0.3) is 22.8 Å². The quantitative estimate of drug-likeness (QED) is 0.412. The van der Waals surface area contributed by atoms with Crippen LogP contribution in [0.1, 0.15) is 18.0 Å². The summed E-state index contributed by atoms with van der Waals surface area (Å²) in [4.78, 5) is 18.3. The Bertz CT molecular complexity index is 1400. The lowest BCUT2D eigenvalue weighted by Crippen LogP contribution is -2.42. The van der Waals surface area contributed by atoms with Crippen LogP contribution in [-0.4, -0.2) is 53.0 Å². The van der Waals surface area contributed by atoms with Crippen LogP contribution >= 0.6 is 0 Å². The lowest BCUT2D eigenvalue weighted by Gasteiger charge is -2.26. The van der Waals surface area contributed by atoms with Gasteiger partial charge in [0.1, 0.15) is 24.1 Å². The number of amides is 1. The molecule has 0 bridgehead atoms. The summed E-state index contributed by atoms with van der Waals surface area (Å²) in [5.74, 6) is -1.03. The van der Waals surface area contributed by atoms with Crippen LogP contribution < -0.4 is 4.90 Å². The molecule has 13 heteroatoms. The van der Waals surface area contributed by atoms with E-state index in [9.17, 15) is 22.4 Å². The van der Waals surface area contributed by atoms with Gasteiger partial charge in [0, 0.05) is 31.4 Å². The fourth-order valence-electron chi connectivity index (χ4n) is 4.34. The van der Waals surface area contributed by atoms with Crippen LogP contribution in [-0.2, 0) is 25.3 Å². The predicted octanol–water partition coefficient (Wildman–Crippen LogP) is 3.30. The van der Waals surface area contributed by atoms with Crippen molar-refractivity contribution in [3.8, 4) is 22.8 Å². The van der Waals surface area contributed by atoms with Crippen molar-refractivity contribution in [1.82, 2.24) is 34.3 Å². The number of hydrogen-bond acceptors (Lipinski definition) is 5. The zero-order valence-electron chi connectivity index (χ0n) is 18.7. The molecule has 0 N–H and O–H groups in total. The highest BCUT2D eigenvalue weighted by Gasteiger charge is 2.40. The third kappa shape index (κ3) is 4.17. The smallest absolute Gasteiger partial charge is 0.326 e. The van der Waals surface area contributed by atoms with Gasteiger partial charge in [0.05, 0.1) is 30.0 Å². The van der Waals surface area contributed by atoms with Gasteiger partial charge >= 0.3 is 6.18 Å². The van der Waals surface area contributed by atoms with Crippen LogP contribution in [0.5, 0.6) is 0 Å². The normalized spacial score (nSPS) is 16.5. The molecule has 0 spiro atoms. The number of rotatable bonds is 4. The van der Waals surface area contributed by atoms with E-state index < -0.39 is 30.5 Å². The molecule has 0 fully saturated rings. The number of carbonyl (C=O) groups excluding carboxylic acids is 1. The van der Waals surface area contributed by atoms with Gasteiger partial charge in [0.25, 0.3) is 5.91 Å². The number of aromatic nitrogens is 7. The highest BCUT2D eigenvalue weighted by atomic mass is 19.4. The zero-order chi connectivity index (χ0) is 24.9. The minimum Gasteiger partial charge on any atom is -0.326 e. The van der Waals surface area contributed by atoms with E-state index in [4.69, 9.17) is 0 Å². The van der Waals surface area contributed by atoms with E-state index in [1.807, 2.05) is 6.20 Å². The molecule has 0 saturated carbocycles. The van der Waals surface area contributed by atoms with Gasteiger partial charge in [-0.3, -0.25) is 9.48 Å². The van der Waals surface area contributed by atoms with Gasteiger partial charge in [-0.2, -0.15) is 18.3 Å². The van der Waals surface area contributed by atoms with Crippen LogP contribution in [0.15, 0.2) is 43.0 Å². The Kier molecular flexibility index (Phi) is 5.41. The zero-order valence-corrected chi connectivity index (χ0v) is 18.7. The van der Waals surface area contributed by atoms with Crippen LogP contribution in [0, 0.1) is 5.82 Å². The first kappa shape index (κ1) is 22.7. The summed E-state index contributed by atoms with van der Waals surface area (Å²) < 4.78 is 59.2. The van der Waals surface area contributed by atoms with Gasteiger partial charge in [0.15, 0.2) is 5.82 Å². The number of halogens is 4. The maximum absolute atomic E-state index is 14.5. The van der Waals surface area contributed by atoms with Crippen molar-refractivity contribution in [3.63, 3.8) is 0 Å². The molecule has 3 aromatic heterocycles. The molecule has 1 unspecified atom stereocenters. The number of hydrogen-bond donors (Lipinski definition) is 0. The summed E-state index contributed by atoms with van der Waals surface area (Å²) in [6, 6.07) is 2.69. The lowest BCUT2D eigenvalue weighted by atomic mass is 10.1. The molecule has 1 aliphatic heterocycles. The van der Waals surface area contributed by atoms with E-state index in [-0.39, 0.29) is 24.1 Å². The molecule has 0 saturated heterocycles. The average Bonchev–Trinajstić information content (AvgIpc) is 3.50. The highest BCUT2D eigenvalue weighted by molar-refractivity contribution is 5.97. The van der Waals surface area contributed by atoms with Gasteiger partial charge in [-0.1, -0.05) is 11.3 Å². The number of aryl methyl sites for hydroxylation is 1. The van der Waals surface area contributed by atoms with Gasteiger partial charge in [-0.15, -0.1) is 5.10 Å². The summed E-state index contributed by atoms with van der Waals surface area (Å²) in [5, 5.41) is 12.3. The van der Waals surface area contributed by atoms with E-state index in [0.29, 0.717) is 16.4 Å². The third-order valence-electron chi connectivity index (χ3n) is 5.99. The fourth-order valence-corrected chi connectivity index (χ4v) is 4.34. The van der Waals surface area contributed by atoms with E-state index in [2.05, 4.69) is 20.4 Å². The minimum atomic E-state index is -4.67. The van der Waals surface area contributed by atoms with E-state index in [1.54, 1.807) is 35.7 Å². The highest BCUT2D eigenvalue weighted by Crippen LogP contribution is 2.35. The summed E-state index contributed by atoms with van der Waals surface area (Å²) in [6.07, 6.45) is 2.09. The Hall–Kier alpha value is -4.03. The standard InChI is InChI=1S/C22H20F4N8O/c1-31-10-13(8-28-31)19-9-27-20(32(19)2)16-11-34(30-29-16)18-7-6-14-15(23)4-3-5-17(14)33(21(18)35)12-22(24,25)26/h3-5,8-11,18H,6-7,12H2,1-2H3. The van der Waals surface area contributed by atoms with E-state index in [0.717, 1.165) is 11.3 Å². The lowest BCUT2D eigenvalue weighted by molar-refractivity contribution is -0.134. The van der Waals surface area contributed by atoms with Crippen molar-refractivity contribution < 1.29 is 22.4 Å². The molecule has 1 aliphatic rings. The third-order valence-corrected chi connectivity index (χ3v) is 5.99. The second kappa shape index (κ2) is 8.32. The van der Waals surface area contributed by atoms with Crippen LogP contribution in [0.4, 0.5) is 23.2 Å². The summed E-state index contributed by atoms with van der Waals surface area (Å²) >= 11 is 0. The molecule has 35 heavy (non-hydrogen) atoms. The van der Waals surface area contributed by atoms with Crippen LogP contribution in [0.2, 0.25) is 0 Å². The van der Waals surface area contributed by atoms with Crippen molar-refractivity contribution in [2.24, 2.45) is 14.1 Å². The Morgan fingerprint density at radius 1 is 1.14 bits per heavy atom. The Balaban J connectivity index is 1.49. The molecule has 4 heterocycles. The maximum atomic E-state index is 14.5. The number of fused-ring (bicyclic) bond motifs is 1. The molecule has 4 aromatic rings. The topological polar surface area (TPSA) is 86.7 Å². The monoisotopic (exact) mass is 488 g/mol. The Morgan fingerprint density at radius 3 is 2.66 bits per heavy atom. The molecule has 1 amide bonds. The summed E-state index contributed by atoms with van der Waals surface area (Å²) in [5.41, 5.74) is 1.93. The molecule has 1 atom stereocenters. The second-order valence-electron chi connectivity index (χ2n) is 8.34. The SMILES string of the molecule is Cn1cc(-c2cnc(-c3cn(C4CCc5c(F)cccc5N(CC(F)(F)F)C4=O)nn3)n2C)cn1. The molecule has 5 rings (SSSR count). The number of alkyl halides is 3. The van der Waals surface area contributed by atoms with Gasteiger partial charge in [0.2, 0.25) is 0 Å². The Morgan fingerprint density at radius 2 is 1.94 bits per heavy atom. The second-order valence-corrected chi connectivity index (χ2v) is 8.34.